The van der Waals surface area contributed by atoms with Crippen LogP contribution >= 0.6 is 0 Å². The number of nitrogens with zero attached hydrogens (tertiary/aromatic N) is 3. The zero-order chi connectivity index (χ0) is 23.0. The Kier molecular flexibility index (Phi) is 7.62. The van der Waals surface area contributed by atoms with Gasteiger partial charge in [-0.15, -0.1) is 0 Å². The quantitative estimate of drug-likeness (QED) is 0.448. The molecule has 8 nitrogen and oxygen atoms in total. The van der Waals surface area contributed by atoms with Gasteiger partial charge < -0.3 is 0 Å². The lowest BCUT2D eigenvalue weighted by Gasteiger charge is -2.38. The van der Waals surface area contributed by atoms with Gasteiger partial charge in [0.25, 0.3) is 0 Å². The maximum Gasteiger partial charge on any atom is 0.433 e. The average Bonchev–Trinajstić information content (AvgIpc) is 2.81. The van der Waals surface area contributed by atoms with Crippen LogP contribution in [-0.2, 0) is 27.2 Å². The molecule has 1 saturated carbocycles. The van der Waals surface area contributed by atoms with E-state index in [2.05, 4.69) is 20.8 Å². The Bertz CT molecular complexity index is 905. The van der Waals surface area contributed by atoms with E-state index in [9.17, 15) is 22.8 Å². The number of carbonyl (C=O) groups excluding carboxylic acids is 2. The number of aromatic nitrogens is 2. The number of anilines is 1. The van der Waals surface area contributed by atoms with Crippen molar-refractivity contribution in [3.8, 4) is 0 Å². The Morgan fingerprint density at radius 2 is 1.88 bits per heavy atom. The highest BCUT2D eigenvalue weighted by molar-refractivity contribution is 5.84. The highest BCUT2D eigenvalue weighted by Gasteiger charge is 2.41. The van der Waals surface area contributed by atoms with Gasteiger partial charge in [-0.05, 0) is 24.5 Å². The summed E-state index contributed by atoms with van der Waals surface area (Å²) in [6, 6.07) is 10.0. The molecular formula is C21H24F3N5O3. The number of hydrazine groups is 1. The third kappa shape index (κ3) is 6.16. The number of alkyl halides is 3. The van der Waals surface area contributed by atoms with Crippen LogP contribution in [0.25, 0.3) is 0 Å². The van der Waals surface area contributed by atoms with Gasteiger partial charge in [-0.25, -0.2) is 15.0 Å². The molecule has 0 spiro atoms. The van der Waals surface area contributed by atoms with Gasteiger partial charge in [-0.3, -0.25) is 25.3 Å². The van der Waals surface area contributed by atoms with E-state index in [1.54, 1.807) is 0 Å². The Hall–Kier alpha value is -3.21. The molecule has 2 aromatic rings. The molecule has 32 heavy (non-hydrogen) atoms. The van der Waals surface area contributed by atoms with Gasteiger partial charge in [0.1, 0.15) is 12.3 Å². The number of carbonyl (C=O) groups is 2. The van der Waals surface area contributed by atoms with Crippen molar-refractivity contribution in [3.05, 3.63) is 53.9 Å². The molecule has 172 valence electrons. The molecule has 0 atom stereocenters. The fourth-order valence-corrected chi connectivity index (χ4v) is 3.65. The molecule has 3 rings (SSSR count). The van der Waals surface area contributed by atoms with Crippen LogP contribution in [0.15, 0.2) is 42.6 Å². The summed E-state index contributed by atoms with van der Waals surface area (Å²) in [5.74, 6) is -0.847. The Morgan fingerprint density at radius 3 is 2.53 bits per heavy atom. The Labute approximate surface area is 183 Å². The summed E-state index contributed by atoms with van der Waals surface area (Å²) in [4.78, 5) is 37.3. The number of hydroxylamine groups is 2. The first-order valence-electron chi connectivity index (χ1n) is 10.2. The maximum atomic E-state index is 13.1. The zero-order valence-electron chi connectivity index (χ0n) is 17.3. The normalized spacial score (nSPS) is 15.6. The molecule has 0 radical (unpaired) electrons. The van der Waals surface area contributed by atoms with Crippen LogP contribution < -0.4 is 10.9 Å². The second-order valence-corrected chi connectivity index (χ2v) is 7.62. The third-order valence-electron chi connectivity index (χ3n) is 5.34. The van der Waals surface area contributed by atoms with Gasteiger partial charge in [0, 0.05) is 6.20 Å². The SMILES string of the molecule is O=CN(CC1(C(=O)NNc2nccc(C(F)(F)F)n2)CCCCC1)OCc1ccccc1. The largest absolute Gasteiger partial charge is 0.433 e. The standard InChI is InChI=1S/C21H24F3N5O3/c22-21(23,24)17-9-12-25-19(26-17)28-27-18(31)20(10-5-2-6-11-20)14-29(15-30)32-13-16-7-3-1-4-8-16/h1,3-4,7-9,12,15H,2,5-6,10-11,13-14H2,(H,27,31)(H,25,26,28). The molecule has 1 heterocycles. The lowest BCUT2D eigenvalue weighted by atomic mass is 9.73. The Balaban J connectivity index is 1.66. The smallest absolute Gasteiger partial charge is 0.276 e. The number of rotatable bonds is 9. The number of nitrogens with one attached hydrogen (secondary N) is 2. The molecule has 1 aromatic carbocycles. The van der Waals surface area contributed by atoms with Crippen molar-refractivity contribution in [2.24, 2.45) is 5.41 Å². The third-order valence-corrected chi connectivity index (χ3v) is 5.34. The molecule has 2 N–H and O–H groups in total. The van der Waals surface area contributed by atoms with Gasteiger partial charge in [-0.1, -0.05) is 49.6 Å². The van der Waals surface area contributed by atoms with Crippen molar-refractivity contribution in [3.63, 3.8) is 0 Å². The van der Waals surface area contributed by atoms with Crippen LogP contribution in [0, 0.1) is 5.41 Å². The summed E-state index contributed by atoms with van der Waals surface area (Å²) in [6.45, 7) is 0.175. The van der Waals surface area contributed by atoms with E-state index < -0.39 is 23.2 Å². The maximum absolute atomic E-state index is 13.1. The molecule has 0 unspecified atom stereocenters. The van der Waals surface area contributed by atoms with Crippen molar-refractivity contribution in [2.75, 3.05) is 12.0 Å². The highest BCUT2D eigenvalue weighted by atomic mass is 19.4. The summed E-state index contributed by atoms with van der Waals surface area (Å²) in [6.07, 6.45) is 0.353. The second kappa shape index (κ2) is 10.4. The van der Waals surface area contributed by atoms with Gasteiger partial charge in [-0.2, -0.15) is 13.2 Å². The first-order valence-corrected chi connectivity index (χ1v) is 10.2. The van der Waals surface area contributed by atoms with Gasteiger partial charge in [0.2, 0.25) is 18.3 Å². The number of halogens is 3. The van der Waals surface area contributed by atoms with Gasteiger partial charge >= 0.3 is 6.18 Å². The Morgan fingerprint density at radius 1 is 1.16 bits per heavy atom. The highest BCUT2D eigenvalue weighted by Crippen LogP contribution is 2.37. The molecule has 2 amide bonds. The lowest BCUT2D eigenvalue weighted by molar-refractivity contribution is -0.190. The molecule has 1 fully saturated rings. The fraction of sp³-hybridized carbons (Fsp3) is 0.429. The molecule has 0 aliphatic heterocycles. The van der Waals surface area contributed by atoms with Crippen LogP contribution in [-0.4, -0.2) is 33.9 Å². The molecule has 11 heteroatoms. The number of benzene rings is 1. The van der Waals surface area contributed by atoms with Crippen LogP contribution in [0.1, 0.15) is 43.4 Å². The monoisotopic (exact) mass is 451 g/mol. The van der Waals surface area contributed by atoms with E-state index in [-0.39, 0.29) is 19.1 Å². The van der Waals surface area contributed by atoms with E-state index in [1.165, 1.54) is 0 Å². The first kappa shape index (κ1) is 23.5. The van der Waals surface area contributed by atoms with E-state index in [0.717, 1.165) is 42.2 Å². The van der Waals surface area contributed by atoms with Crippen molar-refractivity contribution < 1.29 is 27.6 Å². The summed E-state index contributed by atoms with van der Waals surface area (Å²) < 4.78 is 38.5. The van der Waals surface area contributed by atoms with Crippen molar-refractivity contribution >= 4 is 18.3 Å². The van der Waals surface area contributed by atoms with Gasteiger partial charge in [0.15, 0.2) is 0 Å². The average molecular weight is 451 g/mol. The number of hydrogen-bond donors (Lipinski definition) is 2. The fourth-order valence-electron chi connectivity index (χ4n) is 3.65. The minimum absolute atomic E-state index is 0.0142. The predicted octanol–water partition coefficient (Wildman–Crippen LogP) is 3.48. The predicted molar refractivity (Wildman–Crippen MR) is 108 cm³/mol. The summed E-state index contributed by atoms with van der Waals surface area (Å²) >= 11 is 0. The van der Waals surface area contributed by atoms with Crippen molar-refractivity contribution in [1.29, 1.82) is 0 Å². The minimum Gasteiger partial charge on any atom is -0.276 e. The van der Waals surface area contributed by atoms with Crippen molar-refractivity contribution in [2.45, 2.75) is 44.9 Å². The van der Waals surface area contributed by atoms with Crippen LogP contribution in [0.5, 0.6) is 0 Å². The minimum atomic E-state index is -4.63. The zero-order valence-corrected chi connectivity index (χ0v) is 17.3. The summed E-state index contributed by atoms with van der Waals surface area (Å²) in [7, 11) is 0. The van der Waals surface area contributed by atoms with E-state index >= 15 is 0 Å². The molecular weight excluding hydrogens is 427 g/mol. The lowest BCUT2D eigenvalue weighted by Crippen LogP contribution is -2.50. The molecule has 0 saturated heterocycles. The molecule has 1 aromatic heterocycles. The van der Waals surface area contributed by atoms with Crippen LogP contribution in [0.2, 0.25) is 0 Å². The molecule has 0 bridgehead atoms. The first-order chi connectivity index (χ1) is 15.3. The summed E-state index contributed by atoms with van der Waals surface area (Å²) in [5.41, 5.74) is 3.56. The molecule has 1 aliphatic carbocycles. The van der Waals surface area contributed by atoms with Crippen LogP contribution in [0.3, 0.4) is 0 Å². The van der Waals surface area contributed by atoms with E-state index in [1.807, 2.05) is 30.3 Å². The van der Waals surface area contributed by atoms with E-state index in [4.69, 9.17) is 4.84 Å². The summed E-state index contributed by atoms with van der Waals surface area (Å²) in [5, 5.41) is 1.10. The topological polar surface area (TPSA) is 96.5 Å². The van der Waals surface area contributed by atoms with Crippen molar-refractivity contribution in [1.82, 2.24) is 20.5 Å². The van der Waals surface area contributed by atoms with Crippen LogP contribution in [0.4, 0.5) is 19.1 Å². The van der Waals surface area contributed by atoms with Gasteiger partial charge in [0.05, 0.1) is 12.0 Å². The molecule has 1 aliphatic rings. The number of amides is 2. The number of hydrogen-bond acceptors (Lipinski definition) is 6. The van der Waals surface area contributed by atoms with E-state index in [0.29, 0.717) is 19.3 Å². The second-order valence-electron chi connectivity index (χ2n) is 7.62.